The van der Waals surface area contributed by atoms with Gasteiger partial charge in [0, 0.05) is 11.3 Å². The van der Waals surface area contributed by atoms with Gasteiger partial charge < -0.3 is 5.11 Å². The van der Waals surface area contributed by atoms with Crippen molar-refractivity contribution in [3.63, 3.8) is 0 Å². The maximum atomic E-state index is 10.4. The molecule has 0 aliphatic carbocycles. The van der Waals surface area contributed by atoms with Crippen LogP contribution in [0.2, 0.25) is 0 Å². The number of aliphatic carboxylic acids is 1. The Morgan fingerprint density at radius 2 is 2.13 bits per heavy atom. The third kappa shape index (κ3) is 2.36. The summed E-state index contributed by atoms with van der Waals surface area (Å²) in [5.41, 5.74) is 0. The average Bonchev–Trinajstić information content (AvgIpc) is 2.62. The van der Waals surface area contributed by atoms with E-state index in [-0.39, 0.29) is 6.42 Å². The Hall–Kier alpha value is -1.35. The molecule has 0 unspecified atom stereocenters. The fourth-order valence-electron chi connectivity index (χ4n) is 1.65. The van der Waals surface area contributed by atoms with Gasteiger partial charge >= 0.3 is 5.97 Å². The number of hydrogen-bond acceptors (Lipinski definition) is 2. The Bertz CT molecular complexity index is 473. The smallest absolute Gasteiger partial charge is 0.303 e. The lowest BCUT2D eigenvalue weighted by Crippen LogP contribution is -1.94. The van der Waals surface area contributed by atoms with E-state index in [2.05, 4.69) is 17.5 Å². The molecule has 0 aliphatic heterocycles. The van der Waals surface area contributed by atoms with Crippen molar-refractivity contribution in [1.29, 1.82) is 0 Å². The molecule has 1 heterocycles. The standard InChI is InChI=1S/C12H12O2S/c13-12(14)7-3-6-11-10-5-2-1-4-9(10)8-15-11/h1-2,4-5,8H,3,6-7H2,(H,13,14). The molecular formula is C12H12O2S. The van der Waals surface area contributed by atoms with Crippen molar-refractivity contribution in [1.82, 2.24) is 0 Å². The zero-order valence-corrected chi connectivity index (χ0v) is 9.09. The molecule has 0 saturated carbocycles. The average molecular weight is 220 g/mol. The molecule has 0 fully saturated rings. The lowest BCUT2D eigenvalue weighted by molar-refractivity contribution is -0.137. The zero-order chi connectivity index (χ0) is 10.7. The van der Waals surface area contributed by atoms with Gasteiger partial charge in [-0.15, -0.1) is 11.3 Å². The summed E-state index contributed by atoms with van der Waals surface area (Å²) in [5, 5.41) is 13.2. The molecule has 1 aromatic heterocycles. The molecule has 0 radical (unpaired) electrons. The number of thiophene rings is 1. The molecule has 0 aliphatic rings. The third-order valence-electron chi connectivity index (χ3n) is 2.38. The number of hydrogen-bond donors (Lipinski definition) is 1. The highest BCUT2D eigenvalue weighted by Crippen LogP contribution is 2.26. The first-order valence-electron chi connectivity index (χ1n) is 4.94. The van der Waals surface area contributed by atoms with Crippen LogP contribution in [-0.2, 0) is 11.2 Å². The van der Waals surface area contributed by atoms with Crippen LogP contribution in [0.15, 0.2) is 29.6 Å². The minimum absolute atomic E-state index is 0.256. The van der Waals surface area contributed by atoms with E-state index < -0.39 is 5.97 Å². The summed E-state index contributed by atoms with van der Waals surface area (Å²) < 4.78 is 0. The highest BCUT2D eigenvalue weighted by Gasteiger charge is 2.04. The second-order valence-electron chi connectivity index (χ2n) is 3.49. The quantitative estimate of drug-likeness (QED) is 0.858. The van der Waals surface area contributed by atoms with E-state index in [4.69, 9.17) is 5.11 Å². The topological polar surface area (TPSA) is 37.3 Å². The van der Waals surface area contributed by atoms with Crippen LogP contribution >= 0.6 is 11.3 Å². The van der Waals surface area contributed by atoms with E-state index >= 15 is 0 Å². The summed E-state index contributed by atoms with van der Waals surface area (Å²) >= 11 is 1.72. The van der Waals surface area contributed by atoms with Crippen LogP contribution in [0.5, 0.6) is 0 Å². The Kier molecular flexibility index (Phi) is 3.02. The molecular weight excluding hydrogens is 208 g/mol. The van der Waals surface area contributed by atoms with E-state index in [0.29, 0.717) is 0 Å². The molecule has 2 aromatic rings. The molecule has 78 valence electrons. The molecule has 1 N–H and O–H groups in total. The number of carboxylic acids is 1. The molecule has 2 nitrogen and oxygen atoms in total. The molecule has 15 heavy (non-hydrogen) atoms. The Labute approximate surface area is 92.2 Å². The minimum Gasteiger partial charge on any atom is -0.481 e. The van der Waals surface area contributed by atoms with Crippen molar-refractivity contribution in [2.45, 2.75) is 19.3 Å². The Morgan fingerprint density at radius 1 is 1.33 bits per heavy atom. The van der Waals surface area contributed by atoms with Gasteiger partial charge in [0.1, 0.15) is 0 Å². The van der Waals surface area contributed by atoms with E-state index in [9.17, 15) is 4.79 Å². The molecule has 0 spiro atoms. The fraction of sp³-hybridized carbons (Fsp3) is 0.250. The van der Waals surface area contributed by atoms with Gasteiger partial charge in [-0.3, -0.25) is 4.79 Å². The highest BCUT2D eigenvalue weighted by atomic mass is 32.1. The summed E-state index contributed by atoms with van der Waals surface area (Å²) in [7, 11) is 0. The van der Waals surface area contributed by atoms with Crippen LogP contribution in [0.3, 0.4) is 0 Å². The molecule has 0 atom stereocenters. The molecule has 0 amide bonds. The number of fused-ring (bicyclic) bond motifs is 1. The maximum absolute atomic E-state index is 10.4. The van der Waals surface area contributed by atoms with Crippen LogP contribution in [0, 0.1) is 0 Å². The predicted octanol–water partition coefficient (Wildman–Crippen LogP) is 3.31. The molecule has 3 heteroatoms. The first-order chi connectivity index (χ1) is 7.27. The van der Waals surface area contributed by atoms with Crippen LogP contribution in [0.1, 0.15) is 17.7 Å². The zero-order valence-electron chi connectivity index (χ0n) is 8.27. The van der Waals surface area contributed by atoms with Crippen LogP contribution in [0.25, 0.3) is 10.8 Å². The van der Waals surface area contributed by atoms with Gasteiger partial charge in [-0.2, -0.15) is 0 Å². The van der Waals surface area contributed by atoms with Crippen LogP contribution < -0.4 is 0 Å². The first kappa shape index (κ1) is 10.2. The van der Waals surface area contributed by atoms with Crippen molar-refractivity contribution in [2.24, 2.45) is 0 Å². The SMILES string of the molecule is O=C(O)CCCc1scc2ccccc12. The Morgan fingerprint density at radius 3 is 2.93 bits per heavy atom. The Balaban J connectivity index is 2.11. The van der Waals surface area contributed by atoms with Crippen molar-refractivity contribution in [3.8, 4) is 0 Å². The van der Waals surface area contributed by atoms with Crippen LogP contribution in [0.4, 0.5) is 0 Å². The third-order valence-corrected chi connectivity index (χ3v) is 3.46. The normalized spacial score (nSPS) is 10.7. The van der Waals surface area contributed by atoms with Gasteiger partial charge in [0.2, 0.25) is 0 Å². The molecule has 2 rings (SSSR count). The van der Waals surface area contributed by atoms with Gasteiger partial charge in [-0.05, 0) is 29.0 Å². The largest absolute Gasteiger partial charge is 0.481 e. The predicted molar refractivity (Wildman–Crippen MR) is 62.4 cm³/mol. The van der Waals surface area contributed by atoms with Crippen molar-refractivity contribution < 1.29 is 9.90 Å². The fourth-order valence-corrected chi connectivity index (χ4v) is 2.70. The number of rotatable bonds is 4. The molecule has 0 bridgehead atoms. The monoisotopic (exact) mass is 220 g/mol. The van der Waals surface area contributed by atoms with Gasteiger partial charge in [0.25, 0.3) is 0 Å². The van der Waals surface area contributed by atoms with Crippen molar-refractivity contribution >= 4 is 28.1 Å². The molecule has 1 aromatic carbocycles. The highest BCUT2D eigenvalue weighted by molar-refractivity contribution is 7.11. The molecule has 0 saturated heterocycles. The van der Waals surface area contributed by atoms with Gasteiger partial charge in [0.15, 0.2) is 0 Å². The summed E-state index contributed by atoms with van der Waals surface area (Å²) in [5.74, 6) is -0.712. The van der Waals surface area contributed by atoms with Gasteiger partial charge in [0.05, 0.1) is 0 Å². The van der Waals surface area contributed by atoms with Gasteiger partial charge in [-0.25, -0.2) is 0 Å². The van der Waals surface area contributed by atoms with Gasteiger partial charge in [-0.1, -0.05) is 24.3 Å². The van der Waals surface area contributed by atoms with E-state index in [1.807, 2.05) is 12.1 Å². The summed E-state index contributed by atoms with van der Waals surface area (Å²) in [6.07, 6.45) is 1.84. The van der Waals surface area contributed by atoms with Crippen LogP contribution in [-0.4, -0.2) is 11.1 Å². The summed E-state index contributed by atoms with van der Waals surface area (Å²) in [4.78, 5) is 11.7. The number of carboxylic acid groups (broad SMARTS) is 1. The lowest BCUT2D eigenvalue weighted by atomic mass is 10.1. The summed E-state index contributed by atoms with van der Waals surface area (Å²) in [6.45, 7) is 0. The van der Waals surface area contributed by atoms with E-state index in [1.165, 1.54) is 15.6 Å². The number of aryl methyl sites for hydroxylation is 1. The van der Waals surface area contributed by atoms with Crippen molar-refractivity contribution in [3.05, 3.63) is 34.5 Å². The lowest BCUT2D eigenvalue weighted by Gasteiger charge is -1.96. The minimum atomic E-state index is -0.712. The van der Waals surface area contributed by atoms with E-state index in [1.54, 1.807) is 11.3 Å². The van der Waals surface area contributed by atoms with E-state index in [0.717, 1.165) is 12.8 Å². The summed E-state index contributed by atoms with van der Waals surface area (Å²) in [6, 6.07) is 8.24. The maximum Gasteiger partial charge on any atom is 0.303 e. The van der Waals surface area contributed by atoms with Crippen molar-refractivity contribution in [2.75, 3.05) is 0 Å². The first-order valence-corrected chi connectivity index (χ1v) is 5.82. The number of benzene rings is 1. The number of carbonyl (C=O) groups is 1. The second kappa shape index (κ2) is 4.45. The second-order valence-corrected chi connectivity index (χ2v) is 4.46.